The van der Waals surface area contributed by atoms with Crippen molar-refractivity contribution in [2.24, 2.45) is 23.7 Å². The van der Waals surface area contributed by atoms with Crippen LogP contribution in [0.25, 0.3) is 0 Å². The van der Waals surface area contributed by atoms with Gasteiger partial charge >= 0.3 is 11.9 Å². The Morgan fingerprint density at radius 2 is 2.12 bits per heavy atom. The molecule has 9 heteroatoms. The van der Waals surface area contributed by atoms with Crippen LogP contribution in [0.15, 0.2) is 24.3 Å². The van der Waals surface area contributed by atoms with E-state index in [1.165, 1.54) is 18.2 Å². The number of esters is 2. The maximum absolute atomic E-state index is 12.5. The van der Waals surface area contributed by atoms with Gasteiger partial charge in [-0.05, 0) is 12.3 Å². The highest BCUT2D eigenvalue weighted by molar-refractivity contribution is 9.09. The number of rotatable bonds is 5. The molecular formula is C17H14BrNO7. The van der Waals surface area contributed by atoms with E-state index in [4.69, 9.17) is 9.47 Å². The minimum Gasteiger partial charge on any atom is -0.461 e. The summed E-state index contributed by atoms with van der Waals surface area (Å²) >= 11 is 3.51. The summed E-state index contributed by atoms with van der Waals surface area (Å²) in [7, 11) is 0. The first-order valence-electron chi connectivity index (χ1n) is 8.17. The third-order valence-corrected chi connectivity index (χ3v) is 6.72. The van der Waals surface area contributed by atoms with Gasteiger partial charge in [0.1, 0.15) is 6.10 Å². The third kappa shape index (κ3) is 2.53. The molecule has 4 rings (SSSR count). The fraction of sp³-hybridized carbons (Fsp3) is 0.471. The molecule has 1 heterocycles. The lowest BCUT2D eigenvalue weighted by Crippen LogP contribution is -2.39. The van der Waals surface area contributed by atoms with E-state index in [1.54, 1.807) is 0 Å². The molecule has 1 aromatic carbocycles. The average Bonchev–Trinajstić information content (AvgIpc) is 3.23. The largest absolute Gasteiger partial charge is 0.461 e. The lowest BCUT2D eigenvalue weighted by molar-refractivity contribution is -0.384. The molecule has 0 radical (unpaired) electrons. The van der Waals surface area contributed by atoms with Crippen molar-refractivity contribution in [3.8, 4) is 0 Å². The SMILES string of the molecule is O=C(COC(=O)[C@@H]1[C@H]2C[C@H]3[C@H](OC(=O)[C@H]31)[C@H]2Br)c1cccc([N+](=O)[O-])c1. The lowest BCUT2D eigenvalue weighted by atomic mass is 9.80. The molecular weight excluding hydrogens is 410 g/mol. The molecule has 136 valence electrons. The number of benzene rings is 1. The Morgan fingerprint density at radius 1 is 1.35 bits per heavy atom. The number of hydrogen-bond donors (Lipinski definition) is 0. The number of ketones is 1. The number of alkyl halides is 1. The normalized spacial score (nSPS) is 33.8. The van der Waals surface area contributed by atoms with Crippen molar-refractivity contribution >= 4 is 39.3 Å². The number of nitro benzene ring substituents is 1. The molecule has 26 heavy (non-hydrogen) atoms. The predicted octanol–water partition coefficient (Wildman–Crippen LogP) is 1.89. The zero-order chi connectivity index (χ0) is 18.6. The van der Waals surface area contributed by atoms with Crippen molar-refractivity contribution in [3.63, 3.8) is 0 Å². The van der Waals surface area contributed by atoms with Crippen LogP contribution < -0.4 is 0 Å². The smallest absolute Gasteiger partial charge is 0.310 e. The Morgan fingerprint density at radius 3 is 2.85 bits per heavy atom. The van der Waals surface area contributed by atoms with Crippen molar-refractivity contribution in [2.45, 2.75) is 17.4 Å². The molecule has 2 saturated carbocycles. The van der Waals surface area contributed by atoms with E-state index in [0.29, 0.717) is 0 Å². The monoisotopic (exact) mass is 423 g/mol. The predicted molar refractivity (Wildman–Crippen MR) is 89.6 cm³/mol. The Balaban J connectivity index is 1.43. The average molecular weight is 424 g/mol. The standard InChI is InChI=1S/C17H14BrNO7/c18-14-9-5-10-13(17(22)26-15(10)14)12(9)16(21)25-6-11(20)7-2-1-3-8(4-7)19(23)24/h1-4,9-10,12-15H,5-6H2/t9-,10-,12-,13-,14+,15+/m1/s1. The van der Waals surface area contributed by atoms with Crippen LogP contribution in [0, 0.1) is 33.8 Å². The van der Waals surface area contributed by atoms with Gasteiger partial charge < -0.3 is 9.47 Å². The number of carbonyl (C=O) groups is 3. The molecule has 0 aromatic heterocycles. The summed E-state index contributed by atoms with van der Waals surface area (Å²) in [6, 6.07) is 5.23. The Hall–Kier alpha value is -2.29. The molecule has 2 aliphatic carbocycles. The van der Waals surface area contributed by atoms with Crippen molar-refractivity contribution < 1.29 is 28.8 Å². The van der Waals surface area contributed by atoms with Crippen LogP contribution in [0.4, 0.5) is 5.69 Å². The topological polar surface area (TPSA) is 113 Å². The highest BCUT2D eigenvalue weighted by Crippen LogP contribution is 2.60. The number of ether oxygens (including phenoxy) is 2. The van der Waals surface area contributed by atoms with Gasteiger partial charge in [0.15, 0.2) is 6.61 Å². The summed E-state index contributed by atoms with van der Waals surface area (Å²) in [5, 5.41) is 10.8. The van der Waals surface area contributed by atoms with E-state index in [0.717, 1.165) is 12.5 Å². The number of halogens is 1. The van der Waals surface area contributed by atoms with Crippen LogP contribution in [-0.4, -0.2) is 40.2 Å². The van der Waals surface area contributed by atoms with Crippen LogP contribution in [0.5, 0.6) is 0 Å². The van der Waals surface area contributed by atoms with Gasteiger partial charge in [-0.25, -0.2) is 0 Å². The van der Waals surface area contributed by atoms with Crippen LogP contribution in [0.2, 0.25) is 0 Å². The maximum Gasteiger partial charge on any atom is 0.310 e. The number of non-ortho nitro benzene ring substituents is 1. The van der Waals surface area contributed by atoms with E-state index in [-0.39, 0.29) is 40.0 Å². The number of Topliss-reactive ketones (excluding diaryl/α,β-unsaturated/α-hetero) is 1. The number of nitrogens with zero attached hydrogens (tertiary/aromatic N) is 1. The minimum atomic E-state index is -0.617. The van der Waals surface area contributed by atoms with Crippen molar-refractivity contribution in [2.75, 3.05) is 6.61 Å². The molecule has 3 fully saturated rings. The molecule has 0 spiro atoms. The fourth-order valence-electron chi connectivity index (χ4n) is 4.40. The van der Waals surface area contributed by atoms with Crippen LogP contribution in [0.3, 0.4) is 0 Å². The fourth-order valence-corrected chi connectivity index (χ4v) is 5.45. The first-order chi connectivity index (χ1) is 12.4. The molecule has 1 saturated heterocycles. The van der Waals surface area contributed by atoms with Gasteiger partial charge in [-0.15, -0.1) is 0 Å². The summed E-state index contributed by atoms with van der Waals surface area (Å²) in [5.74, 6) is -2.66. The van der Waals surface area contributed by atoms with E-state index in [1.807, 2.05) is 0 Å². The highest BCUT2D eigenvalue weighted by Gasteiger charge is 2.68. The van der Waals surface area contributed by atoms with Gasteiger partial charge in [0.2, 0.25) is 5.78 Å². The van der Waals surface area contributed by atoms with E-state index >= 15 is 0 Å². The molecule has 1 aliphatic heterocycles. The van der Waals surface area contributed by atoms with Crippen LogP contribution >= 0.6 is 15.9 Å². The number of nitro groups is 1. The van der Waals surface area contributed by atoms with Crippen molar-refractivity contribution in [3.05, 3.63) is 39.9 Å². The molecule has 2 bridgehead atoms. The summed E-state index contributed by atoms with van der Waals surface area (Å²) in [6.45, 7) is -0.522. The number of carbonyl (C=O) groups excluding carboxylic acids is 3. The summed E-state index contributed by atoms with van der Waals surface area (Å²) in [6.07, 6.45) is 0.531. The Labute approximate surface area is 156 Å². The van der Waals surface area contributed by atoms with Gasteiger partial charge in [-0.3, -0.25) is 24.5 Å². The van der Waals surface area contributed by atoms with Crippen LogP contribution in [0.1, 0.15) is 16.8 Å². The lowest BCUT2D eigenvalue weighted by Gasteiger charge is -2.26. The second-order valence-corrected chi connectivity index (χ2v) is 7.86. The second kappa shape index (κ2) is 6.15. The molecule has 3 aliphatic rings. The molecule has 0 unspecified atom stereocenters. The van der Waals surface area contributed by atoms with E-state index in [2.05, 4.69) is 15.9 Å². The second-order valence-electron chi connectivity index (χ2n) is 6.80. The zero-order valence-electron chi connectivity index (χ0n) is 13.4. The van der Waals surface area contributed by atoms with Gasteiger partial charge in [0, 0.05) is 23.6 Å². The first kappa shape index (κ1) is 17.1. The van der Waals surface area contributed by atoms with Crippen molar-refractivity contribution in [1.29, 1.82) is 0 Å². The Bertz CT molecular complexity index is 825. The van der Waals surface area contributed by atoms with Gasteiger partial charge in [0.05, 0.1) is 21.6 Å². The van der Waals surface area contributed by atoms with Gasteiger partial charge in [-0.2, -0.15) is 0 Å². The molecule has 8 nitrogen and oxygen atoms in total. The summed E-state index contributed by atoms with van der Waals surface area (Å²) in [5.41, 5.74) is -0.115. The van der Waals surface area contributed by atoms with Gasteiger partial charge in [0.25, 0.3) is 5.69 Å². The summed E-state index contributed by atoms with van der Waals surface area (Å²) in [4.78, 5) is 46.8. The van der Waals surface area contributed by atoms with Gasteiger partial charge in [-0.1, -0.05) is 28.1 Å². The molecule has 6 atom stereocenters. The summed E-state index contributed by atoms with van der Waals surface area (Å²) < 4.78 is 10.5. The molecule has 0 amide bonds. The maximum atomic E-state index is 12.5. The highest BCUT2D eigenvalue weighted by atomic mass is 79.9. The van der Waals surface area contributed by atoms with Crippen molar-refractivity contribution in [1.82, 2.24) is 0 Å². The van der Waals surface area contributed by atoms with E-state index in [9.17, 15) is 24.5 Å². The number of fused-ring (bicyclic) bond motifs is 1. The zero-order valence-corrected chi connectivity index (χ0v) is 15.0. The molecule has 1 aromatic rings. The molecule has 0 N–H and O–H groups in total. The minimum absolute atomic E-state index is 0.0156. The van der Waals surface area contributed by atoms with Crippen LogP contribution in [-0.2, 0) is 19.1 Å². The number of hydrogen-bond acceptors (Lipinski definition) is 7. The quantitative estimate of drug-likeness (QED) is 0.233. The first-order valence-corrected chi connectivity index (χ1v) is 9.09. The van der Waals surface area contributed by atoms with E-state index < -0.39 is 35.1 Å². The Kier molecular flexibility index (Phi) is 4.06. The third-order valence-electron chi connectivity index (χ3n) is 5.52.